The van der Waals surface area contributed by atoms with E-state index < -0.39 is 11.5 Å². The molecule has 0 fully saturated rings. The van der Waals surface area contributed by atoms with E-state index >= 15 is 0 Å². The quantitative estimate of drug-likeness (QED) is 0.707. The Balaban J connectivity index is 1.69. The minimum absolute atomic E-state index is 0.261. The first-order valence-electron chi connectivity index (χ1n) is 8.70. The minimum Gasteiger partial charge on any atom is -0.375 e. The van der Waals surface area contributed by atoms with Crippen LogP contribution in [-0.2, 0) is 16.8 Å². The molecule has 0 aliphatic carbocycles. The number of aryl methyl sites for hydroxylation is 1. The van der Waals surface area contributed by atoms with Crippen LogP contribution in [0.25, 0.3) is 10.8 Å². The first-order valence-corrected chi connectivity index (χ1v) is 8.70. The molecule has 26 heavy (non-hydrogen) atoms. The van der Waals surface area contributed by atoms with Gasteiger partial charge in [-0.25, -0.2) is 0 Å². The Bertz CT molecular complexity index is 1040. The van der Waals surface area contributed by atoms with Gasteiger partial charge in [-0.1, -0.05) is 55.5 Å². The molecule has 2 N–H and O–H groups in total. The average Bonchev–Trinajstić information content (AvgIpc) is 2.91. The molecule has 1 aliphatic rings. The summed E-state index contributed by atoms with van der Waals surface area (Å²) in [6, 6.07) is 18.7. The molecule has 4 heteroatoms. The number of anilines is 1. The smallest absolute Gasteiger partial charge is 0.261 e. The summed E-state index contributed by atoms with van der Waals surface area (Å²) >= 11 is 0. The monoisotopic (exact) mass is 345 g/mol. The molecule has 1 atom stereocenters. The largest absolute Gasteiger partial charge is 0.375 e. The van der Waals surface area contributed by atoms with Crippen molar-refractivity contribution in [2.75, 3.05) is 5.32 Å². The Hall–Kier alpha value is -2.98. The summed E-state index contributed by atoms with van der Waals surface area (Å²) < 4.78 is 0. The van der Waals surface area contributed by atoms with E-state index in [1.807, 2.05) is 43.3 Å². The highest BCUT2D eigenvalue weighted by Crippen LogP contribution is 2.39. The van der Waals surface area contributed by atoms with Crippen LogP contribution < -0.4 is 5.32 Å². The lowest BCUT2D eigenvalue weighted by Gasteiger charge is -2.20. The van der Waals surface area contributed by atoms with Gasteiger partial charge >= 0.3 is 0 Å². The molecular weight excluding hydrogens is 326 g/mol. The van der Waals surface area contributed by atoms with Gasteiger partial charge < -0.3 is 10.4 Å². The third-order valence-electron chi connectivity index (χ3n) is 5.05. The number of Topliss-reactive ketones (excluding diaryl/α,β-unsaturated/α-hetero) is 1. The molecule has 0 spiro atoms. The SMILES string of the molecule is CCc1ccc2c(c1)C(O)(CC(=O)c1ccc3ccccc3c1)C(=O)N2. The fraction of sp³-hybridized carbons (Fsp3) is 0.182. The van der Waals surface area contributed by atoms with Crippen LogP contribution in [0.1, 0.15) is 34.8 Å². The van der Waals surface area contributed by atoms with Gasteiger partial charge in [0.1, 0.15) is 0 Å². The van der Waals surface area contributed by atoms with Crippen LogP contribution in [0.4, 0.5) is 5.69 Å². The van der Waals surface area contributed by atoms with E-state index in [-0.39, 0.29) is 12.2 Å². The molecule has 1 unspecified atom stereocenters. The van der Waals surface area contributed by atoms with Gasteiger partial charge in [-0.15, -0.1) is 0 Å². The second-order valence-corrected chi connectivity index (χ2v) is 6.71. The van der Waals surface area contributed by atoms with Gasteiger partial charge in [0, 0.05) is 16.8 Å². The number of carbonyl (C=O) groups is 2. The molecule has 0 bridgehead atoms. The van der Waals surface area contributed by atoms with Crippen LogP contribution in [0.5, 0.6) is 0 Å². The summed E-state index contributed by atoms with van der Waals surface area (Å²) in [7, 11) is 0. The molecule has 0 radical (unpaired) electrons. The van der Waals surface area contributed by atoms with Crippen molar-refractivity contribution in [1.82, 2.24) is 0 Å². The van der Waals surface area contributed by atoms with Gasteiger partial charge in [-0.3, -0.25) is 9.59 Å². The predicted octanol–water partition coefficient (Wildman–Crippen LogP) is 3.81. The van der Waals surface area contributed by atoms with Crippen LogP contribution in [0.2, 0.25) is 0 Å². The van der Waals surface area contributed by atoms with Gasteiger partial charge in [0.15, 0.2) is 11.4 Å². The third kappa shape index (κ3) is 2.59. The molecule has 3 aromatic rings. The predicted molar refractivity (Wildman–Crippen MR) is 101 cm³/mol. The van der Waals surface area contributed by atoms with E-state index in [1.165, 1.54) is 0 Å². The molecule has 1 aliphatic heterocycles. The number of amides is 1. The van der Waals surface area contributed by atoms with Crippen molar-refractivity contribution in [2.45, 2.75) is 25.4 Å². The van der Waals surface area contributed by atoms with Crippen LogP contribution >= 0.6 is 0 Å². The van der Waals surface area contributed by atoms with Crippen LogP contribution in [0, 0.1) is 0 Å². The number of nitrogens with one attached hydrogen (secondary N) is 1. The highest BCUT2D eigenvalue weighted by atomic mass is 16.3. The standard InChI is InChI=1S/C22H19NO3/c1-2-14-7-10-19-18(11-14)22(26,21(25)23-19)13-20(24)17-9-8-15-5-3-4-6-16(15)12-17/h3-12,26H,2,13H2,1H3,(H,23,25). The lowest BCUT2D eigenvalue weighted by molar-refractivity contribution is -0.133. The minimum atomic E-state index is -1.83. The van der Waals surface area contributed by atoms with Crippen molar-refractivity contribution < 1.29 is 14.7 Å². The van der Waals surface area contributed by atoms with Crippen molar-refractivity contribution in [3.05, 3.63) is 77.4 Å². The number of rotatable bonds is 4. The van der Waals surface area contributed by atoms with Crippen molar-refractivity contribution in [3.63, 3.8) is 0 Å². The molecule has 4 nitrogen and oxygen atoms in total. The van der Waals surface area contributed by atoms with Gasteiger partial charge in [0.05, 0.1) is 6.42 Å². The Kier molecular flexibility index (Phi) is 3.85. The lowest BCUT2D eigenvalue weighted by Crippen LogP contribution is -2.36. The summed E-state index contributed by atoms with van der Waals surface area (Å²) in [5.41, 5.74) is 0.724. The van der Waals surface area contributed by atoms with Crippen molar-refractivity contribution in [3.8, 4) is 0 Å². The maximum Gasteiger partial charge on any atom is 0.261 e. The Labute approximate surface area is 151 Å². The summed E-state index contributed by atoms with van der Waals surface area (Å²) in [5.74, 6) is -0.807. The number of carbonyl (C=O) groups excluding carboxylic acids is 2. The molecular formula is C22H19NO3. The summed E-state index contributed by atoms with van der Waals surface area (Å²) in [6.07, 6.45) is 0.507. The van der Waals surface area contributed by atoms with E-state index in [0.29, 0.717) is 16.8 Å². The fourth-order valence-corrected chi connectivity index (χ4v) is 3.48. The van der Waals surface area contributed by atoms with Crippen molar-refractivity contribution >= 4 is 28.2 Å². The first kappa shape index (κ1) is 16.5. The van der Waals surface area contributed by atoms with Gasteiger partial charge in [-0.05, 0) is 34.9 Å². The number of fused-ring (bicyclic) bond motifs is 2. The highest BCUT2D eigenvalue weighted by molar-refractivity contribution is 6.10. The van der Waals surface area contributed by atoms with E-state index in [4.69, 9.17) is 0 Å². The Morgan fingerprint density at radius 3 is 2.58 bits per heavy atom. The summed E-state index contributed by atoms with van der Waals surface area (Å²) in [5, 5.41) is 15.7. The summed E-state index contributed by atoms with van der Waals surface area (Å²) in [6.45, 7) is 2.01. The van der Waals surface area contributed by atoms with Gasteiger partial charge in [0.2, 0.25) is 0 Å². The van der Waals surface area contributed by atoms with Crippen molar-refractivity contribution in [1.29, 1.82) is 0 Å². The molecule has 1 amide bonds. The zero-order valence-electron chi connectivity index (χ0n) is 14.5. The van der Waals surface area contributed by atoms with E-state index in [0.717, 1.165) is 22.8 Å². The number of ketones is 1. The molecule has 130 valence electrons. The number of aliphatic hydroxyl groups is 1. The lowest BCUT2D eigenvalue weighted by atomic mass is 9.87. The Morgan fingerprint density at radius 1 is 1.04 bits per heavy atom. The second-order valence-electron chi connectivity index (χ2n) is 6.71. The number of hydrogen-bond donors (Lipinski definition) is 2. The maximum absolute atomic E-state index is 12.8. The molecule has 1 heterocycles. The van der Waals surface area contributed by atoms with E-state index in [1.54, 1.807) is 24.3 Å². The summed E-state index contributed by atoms with van der Waals surface area (Å²) in [4.78, 5) is 25.2. The van der Waals surface area contributed by atoms with Gasteiger partial charge in [-0.2, -0.15) is 0 Å². The second kappa shape index (κ2) is 6.07. The number of hydrogen-bond acceptors (Lipinski definition) is 3. The molecule has 0 saturated carbocycles. The third-order valence-corrected chi connectivity index (χ3v) is 5.05. The van der Waals surface area contributed by atoms with Crippen LogP contribution in [0.15, 0.2) is 60.7 Å². The first-order chi connectivity index (χ1) is 12.5. The highest BCUT2D eigenvalue weighted by Gasteiger charge is 2.46. The zero-order chi connectivity index (χ0) is 18.3. The van der Waals surface area contributed by atoms with Gasteiger partial charge in [0.25, 0.3) is 5.91 Å². The van der Waals surface area contributed by atoms with Crippen LogP contribution in [-0.4, -0.2) is 16.8 Å². The normalized spacial score (nSPS) is 18.6. The molecule has 3 aromatic carbocycles. The maximum atomic E-state index is 12.8. The topological polar surface area (TPSA) is 66.4 Å². The molecule has 4 rings (SSSR count). The average molecular weight is 345 g/mol. The number of benzene rings is 3. The van der Waals surface area contributed by atoms with E-state index in [9.17, 15) is 14.7 Å². The van der Waals surface area contributed by atoms with Crippen LogP contribution in [0.3, 0.4) is 0 Å². The zero-order valence-corrected chi connectivity index (χ0v) is 14.5. The fourth-order valence-electron chi connectivity index (χ4n) is 3.48. The molecule has 0 saturated heterocycles. The van der Waals surface area contributed by atoms with E-state index in [2.05, 4.69) is 5.32 Å². The molecule has 0 aromatic heterocycles. The van der Waals surface area contributed by atoms with Crippen molar-refractivity contribution in [2.24, 2.45) is 0 Å². The Morgan fingerprint density at radius 2 is 1.81 bits per heavy atom.